The molecule has 0 aliphatic carbocycles. The van der Waals surface area contributed by atoms with Gasteiger partial charge in [0.1, 0.15) is 5.75 Å². The van der Waals surface area contributed by atoms with Gasteiger partial charge in [0.05, 0.1) is 13.5 Å². The molecule has 4 nitrogen and oxygen atoms in total. The summed E-state index contributed by atoms with van der Waals surface area (Å²) in [5.74, 6) is 0.666. The molecule has 0 aliphatic rings. The summed E-state index contributed by atoms with van der Waals surface area (Å²) >= 11 is 0. The third-order valence-corrected chi connectivity index (χ3v) is 3.68. The van der Waals surface area contributed by atoms with E-state index in [9.17, 15) is 4.79 Å². The Morgan fingerprint density at radius 2 is 1.96 bits per heavy atom. The topological polar surface area (TPSA) is 51.2 Å². The normalized spacial score (nSPS) is 11.2. The molecule has 0 bridgehead atoms. The van der Waals surface area contributed by atoms with Crippen LogP contribution in [0.2, 0.25) is 0 Å². The van der Waals surface area contributed by atoms with Crippen molar-refractivity contribution in [1.29, 1.82) is 0 Å². The molecule has 0 saturated carbocycles. The van der Waals surface area contributed by atoms with Gasteiger partial charge >= 0.3 is 0 Å². The molecule has 4 heteroatoms. The highest BCUT2D eigenvalue weighted by atomic mass is 16.5. The molecule has 1 N–H and O–H groups in total. The minimum absolute atomic E-state index is 0.0275. The molecule has 1 heterocycles. The monoisotopic (exact) mass is 312 g/mol. The standard InChI is InChI=1S/C19H24N2O2/c1-13-10-16(8-9-20-13)21-18(22)12-14-11-15(19(2,3)4)6-7-17(14)23-5/h6-11H,12H2,1-5H3,(H,20,21,22). The van der Waals surface area contributed by atoms with Gasteiger partial charge in [0.2, 0.25) is 5.91 Å². The number of aromatic nitrogens is 1. The lowest BCUT2D eigenvalue weighted by Gasteiger charge is -2.21. The minimum Gasteiger partial charge on any atom is -0.496 e. The molecular formula is C19H24N2O2. The Morgan fingerprint density at radius 1 is 1.22 bits per heavy atom. The Hall–Kier alpha value is -2.36. The lowest BCUT2D eigenvalue weighted by molar-refractivity contribution is -0.115. The number of pyridine rings is 1. The lowest BCUT2D eigenvalue weighted by Crippen LogP contribution is -2.17. The van der Waals surface area contributed by atoms with Crippen LogP contribution in [0.15, 0.2) is 36.5 Å². The van der Waals surface area contributed by atoms with Crippen molar-refractivity contribution in [3.63, 3.8) is 0 Å². The summed E-state index contributed by atoms with van der Waals surface area (Å²) in [6, 6.07) is 9.66. The van der Waals surface area contributed by atoms with E-state index in [1.165, 1.54) is 5.56 Å². The van der Waals surface area contributed by atoms with Crippen LogP contribution in [0.3, 0.4) is 0 Å². The van der Waals surface area contributed by atoms with Crippen LogP contribution in [0, 0.1) is 6.92 Å². The van der Waals surface area contributed by atoms with Gasteiger partial charge < -0.3 is 10.1 Å². The van der Waals surface area contributed by atoms with E-state index in [1.807, 2.05) is 25.1 Å². The summed E-state index contributed by atoms with van der Waals surface area (Å²) in [4.78, 5) is 16.5. The Morgan fingerprint density at radius 3 is 2.57 bits per heavy atom. The number of rotatable bonds is 4. The number of aryl methyl sites for hydroxylation is 1. The number of amides is 1. The average molecular weight is 312 g/mol. The van der Waals surface area contributed by atoms with Crippen LogP contribution in [0.5, 0.6) is 5.75 Å². The number of methoxy groups -OCH3 is 1. The fourth-order valence-electron chi connectivity index (χ4n) is 2.38. The van der Waals surface area contributed by atoms with Gasteiger partial charge in [0.15, 0.2) is 0 Å². The number of carbonyl (C=O) groups is 1. The van der Waals surface area contributed by atoms with Crippen LogP contribution in [0.1, 0.15) is 37.6 Å². The largest absolute Gasteiger partial charge is 0.496 e. The molecule has 0 spiro atoms. The number of anilines is 1. The SMILES string of the molecule is COc1ccc(C(C)(C)C)cc1CC(=O)Nc1ccnc(C)c1. The zero-order valence-corrected chi connectivity index (χ0v) is 14.4. The second-order valence-electron chi connectivity index (χ2n) is 6.69. The van der Waals surface area contributed by atoms with E-state index in [0.29, 0.717) is 0 Å². The van der Waals surface area contributed by atoms with Crippen molar-refractivity contribution in [3.05, 3.63) is 53.3 Å². The summed E-state index contributed by atoms with van der Waals surface area (Å²) in [6.07, 6.45) is 1.96. The smallest absolute Gasteiger partial charge is 0.228 e. The van der Waals surface area contributed by atoms with Gasteiger partial charge in [-0.3, -0.25) is 9.78 Å². The predicted octanol–water partition coefficient (Wildman–Crippen LogP) is 3.88. The molecule has 0 unspecified atom stereocenters. The molecule has 0 radical (unpaired) electrons. The van der Waals surface area contributed by atoms with E-state index < -0.39 is 0 Å². The lowest BCUT2D eigenvalue weighted by atomic mass is 9.85. The van der Waals surface area contributed by atoms with Crippen LogP contribution >= 0.6 is 0 Å². The fraction of sp³-hybridized carbons (Fsp3) is 0.368. The Balaban J connectivity index is 2.19. The highest BCUT2D eigenvalue weighted by Gasteiger charge is 2.17. The minimum atomic E-state index is -0.0695. The summed E-state index contributed by atoms with van der Waals surface area (Å²) < 4.78 is 5.39. The predicted molar refractivity (Wildman–Crippen MR) is 93.0 cm³/mol. The molecule has 0 fully saturated rings. The van der Waals surface area contributed by atoms with Gasteiger partial charge in [0, 0.05) is 23.1 Å². The van der Waals surface area contributed by atoms with Gasteiger partial charge in [-0.2, -0.15) is 0 Å². The number of carbonyl (C=O) groups excluding carboxylic acids is 1. The number of benzene rings is 1. The third-order valence-electron chi connectivity index (χ3n) is 3.68. The van der Waals surface area contributed by atoms with Crippen LogP contribution in [-0.4, -0.2) is 18.0 Å². The quantitative estimate of drug-likeness (QED) is 0.932. The Kier molecular flexibility index (Phi) is 5.04. The second kappa shape index (κ2) is 6.82. The highest BCUT2D eigenvalue weighted by molar-refractivity contribution is 5.92. The van der Waals surface area contributed by atoms with Crippen molar-refractivity contribution in [2.24, 2.45) is 0 Å². The van der Waals surface area contributed by atoms with Crippen LogP contribution in [0.25, 0.3) is 0 Å². The Bertz CT molecular complexity index is 703. The molecule has 2 rings (SSSR count). The van der Waals surface area contributed by atoms with E-state index in [2.05, 4.69) is 37.1 Å². The summed E-state index contributed by atoms with van der Waals surface area (Å²) in [6.45, 7) is 8.35. The molecule has 0 aliphatic heterocycles. The number of nitrogens with one attached hydrogen (secondary N) is 1. The maximum atomic E-state index is 12.3. The van der Waals surface area contributed by atoms with Gasteiger partial charge in [-0.25, -0.2) is 0 Å². The van der Waals surface area contributed by atoms with E-state index in [4.69, 9.17) is 4.74 Å². The van der Waals surface area contributed by atoms with Gasteiger partial charge in [-0.15, -0.1) is 0 Å². The van der Waals surface area contributed by atoms with Crippen molar-refractivity contribution in [1.82, 2.24) is 4.98 Å². The van der Waals surface area contributed by atoms with Crippen molar-refractivity contribution in [2.45, 2.75) is 39.5 Å². The van der Waals surface area contributed by atoms with Gasteiger partial charge in [0.25, 0.3) is 0 Å². The number of ether oxygens (including phenoxy) is 1. The van der Waals surface area contributed by atoms with E-state index in [0.717, 1.165) is 22.7 Å². The average Bonchev–Trinajstić information content (AvgIpc) is 2.46. The molecule has 1 amide bonds. The van der Waals surface area contributed by atoms with Crippen molar-refractivity contribution >= 4 is 11.6 Å². The first-order valence-corrected chi connectivity index (χ1v) is 7.69. The van der Waals surface area contributed by atoms with Gasteiger partial charge in [-0.05, 0) is 36.1 Å². The molecule has 1 aromatic carbocycles. The van der Waals surface area contributed by atoms with E-state index in [1.54, 1.807) is 19.4 Å². The number of hydrogen-bond donors (Lipinski definition) is 1. The summed E-state index contributed by atoms with van der Waals surface area (Å²) in [5, 5.41) is 2.91. The maximum Gasteiger partial charge on any atom is 0.228 e. The van der Waals surface area contributed by atoms with Crippen molar-refractivity contribution in [3.8, 4) is 5.75 Å². The fourth-order valence-corrected chi connectivity index (χ4v) is 2.38. The molecule has 122 valence electrons. The van der Waals surface area contributed by atoms with E-state index >= 15 is 0 Å². The van der Waals surface area contributed by atoms with Gasteiger partial charge in [-0.1, -0.05) is 32.9 Å². The molecular weight excluding hydrogens is 288 g/mol. The number of hydrogen-bond acceptors (Lipinski definition) is 3. The molecule has 1 aromatic heterocycles. The van der Waals surface area contributed by atoms with E-state index in [-0.39, 0.29) is 17.7 Å². The number of nitrogens with zero attached hydrogens (tertiary/aromatic N) is 1. The maximum absolute atomic E-state index is 12.3. The zero-order chi connectivity index (χ0) is 17.0. The molecule has 0 saturated heterocycles. The molecule has 0 atom stereocenters. The second-order valence-corrected chi connectivity index (χ2v) is 6.69. The van der Waals surface area contributed by atoms with Crippen LogP contribution < -0.4 is 10.1 Å². The first-order valence-electron chi connectivity index (χ1n) is 7.69. The molecule has 2 aromatic rings. The highest BCUT2D eigenvalue weighted by Crippen LogP contribution is 2.28. The molecule has 23 heavy (non-hydrogen) atoms. The van der Waals surface area contributed by atoms with Crippen LogP contribution in [-0.2, 0) is 16.6 Å². The Labute approximate surface area is 137 Å². The van der Waals surface area contributed by atoms with Crippen molar-refractivity contribution < 1.29 is 9.53 Å². The first-order chi connectivity index (χ1) is 10.8. The van der Waals surface area contributed by atoms with Crippen LogP contribution in [0.4, 0.5) is 5.69 Å². The summed E-state index contributed by atoms with van der Waals surface area (Å²) in [5.41, 5.74) is 3.73. The zero-order valence-electron chi connectivity index (χ0n) is 14.4. The first kappa shape index (κ1) is 17.0. The summed E-state index contributed by atoms with van der Waals surface area (Å²) in [7, 11) is 1.62. The van der Waals surface area contributed by atoms with Crippen molar-refractivity contribution in [2.75, 3.05) is 12.4 Å². The third kappa shape index (κ3) is 4.55.